The highest BCUT2D eigenvalue weighted by Crippen LogP contribution is 2.39. The van der Waals surface area contributed by atoms with Crippen LogP contribution in [0.3, 0.4) is 0 Å². The number of hydrogen-bond donors (Lipinski definition) is 4. The molecule has 0 saturated carbocycles. The molecule has 9 heteroatoms. The fourth-order valence-electron chi connectivity index (χ4n) is 4.34. The molecule has 33 heavy (non-hydrogen) atoms. The molecule has 1 atom stereocenters. The van der Waals surface area contributed by atoms with Gasteiger partial charge in [0.15, 0.2) is 0 Å². The number of aromatic nitrogens is 2. The Morgan fingerprint density at radius 1 is 1.36 bits per heavy atom. The second-order valence-electron chi connectivity index (χ2n) is 8.06. The molecule has 1 aliphatic heterocycles. The number of para-hydroxylation sites is 1. The summed E-state index contributed by atoms with van der Waals surface area (Å²) in [6, 6.07) is 12.0. The summed E-state index contributed by atoms with van der Waals surface area (Å²) in [5.74, 6) is -0.738. The average Bonchev–Trinajstić information content (AvgIpc) is 3.04. The number of amides is 1. The number of piperidine rings is 1. The smallest absolute Gasteiger partial charge is 0.300 e. The van der Waals surface area contributed by atoms with E-state index in [1.54, 1.807) is 0 Å². The molecule has 1 fully saturated rings. The Bertz CT molecular complexity index is 1230. The van der Waals surface area contributed by atoms with Crippen LogP contribution >= 0.6 is 0 Å². The molecule has 3 heterocycles. The van der Waals surface area contributed by atoms with E-state index in [2.05, 4.69) is 16.4 Å². The SMILES string of the molecule is CC(=O)O.Cc1c(-c2cc(C3CCCNC3)nc(N)c2C#N)c2ccccc2n1CC(N)=O. The number of fused-ring (bicyclic) bond motifs is 1. The molecule has 0 spiro atoms. The maximum Gasteiger partial charge on any atom is 0.300 e. The number of carbonyl (C=O) groups is 2. The molecular formula is C24H28N6O3. The van der Waals surface area contributed by atoms with E-state index in [1.165, 1.54) is 0 Å². The lowest BCUT2D eigenvalue weighted by Crippen LogP contribution is -2.29. The molecule has 172 valence electrons. The number of carboxylic acids is 1. The van der Waals surface area contributed by atoms with Crippen molar-refractivity contribution in [3.05, 3.63) is 47.3 Å². The normalized spacial score (nSPS) is 15.4. The number of carboxylic acid groups (broad SMARTS) is 1. The summed E-state index contributed by atoms with van der Waals surface area (Å²) in [5.41, 5.74) is 16.4. The van der Waals surface area contributed by atoms with E-state index in [1.807, 2.05) is 41.8 Å². The number of nitrogens with two attached hydrogens (primary N) is 2. The molecule has 1 aromatic carbocycles. The summed E-state index contributed by atoms with van der Waals surface area (Å²) in [6.45, 7) is 4.96. The van der Waals surface area contributed by atoms with Gasteiger partial charge in [-0.15, -0.1) is 0 Å². The minimum Gasteiger partial charge on any atom is -0.481 e. The van der Waals surface area contributed by atoms with Crippen molar-refractivity contribution in [2.45, 2.75) is 39.2 Å². The third kappa shape index (κ3) is 5.13. The second kappa shape index (κ2) is 10.1. The van der Waals surface area contributed by atoms with Crippen LogP contribution in [-0.2, 0) is 16.1 Å². The van der Waals surface area contributed by atoms with Crippen LogP contribution in [0.25, 0.3) is 22.0 Å². The predicted octanol–water partition coefficient (Wildman–Crippen LogP) is 2.51. The van der Waals surface area contributed by atoms with Gasteiger partial charge >= 0.3 is 0 Å². The summed E-state index contributed by atoms with van der Waals surface area (Å²) in [7, 11) is 0. The molecule has 3 aromatic rings. The maximum atomic E-state index is 11.7. The van der Waals surface area contributed by atoms with Gasteiger partial charge in [-0.1, -0.05) is 18.2 Å². The van der Waals surface area contributed by atoms with Crippen LogP contribution in [0.5, 0.6) is 0 Å². The van der Waals surface area contributed by atoms with E-state index in [9.17, 15) is 10.1 Å². The van der Waals surface area contributed by atoms with Crippen molar-refractivity contribution in [2.75, 3.05) is 18.8 Å². The van der Waals surface area contributed by atoms with Gasteiger partial charge in [-0.3, -0.25) is 9.59 Å². The van der Waals surface area contributed by atoms with Crippen LogP contribution < -0.4 is 16.8 Å². The van der Waals surface area contributed by atoms with Gasteiger partial charge in [0, 0.05) is 52.8 Å². The number of rotatable bonds is 4. The van der Waals surface area contributed by atoms with Crippen molar-refractivity contribution in [1.82, 2.24) is 14.9 Å². The summed E-state index contributed by atoms with van der Waals surface area (Å²) >= 11 is 0. The Hall–Kier alpha value is -3.90. The summed E-state index contributed by atoms with van der Waals surface area (Å²) in [4.78, 5) is 25.2. The largest absolute Gasteiger partial charge is 0.481 e. The molecule has 2 aromatic heterocycles. The number of nitrogens with zero attached hydrogens (tertiary/aromatic N) is 3. The number of nitrogen functional groups attached to an aromatic ring is 1. The molecule has 4 rings (SSSR count). The first-order valence-corrected chi connectivity index (χ1v) is 10.7. The van der Waals surface area contributed by atoms with E-state index < -0.39 is 11.9 Å². The van der Waals surface area contributed by atoms with Crippen LogP contribution in [0.15, 0.2) is 30.3 Å². The maximum absolute atomic E-state index is 11.7. The Morgan fingerprint density at radius 3 is 2.67 bits per heavy atom. The van der Waals surface area contributed by atoms with Crippen LogP contribution in [0, 0.1) is 18.3 Å². The third-order valence-electron chi connectivity index (χ3n) is 5.71. The van der Waals surface area contributed by atoms with Crippen molar-refractivity contribution < 1.29 is 14.7 Å². The van der Waals surface area contributed by atoms with Crippen molar-refractivity contribution in [2.24, 2.45) is 5.73 Å². The molecular weight excluding hydrogens is 420 g/mol. The van der Waals surface area contributed by atoms with Crippen molar-refractivity contribution in [3.8, 4) is 17.2 Å². The van der Waals surface area contributed by atoms with Crippen molar-refractivity contribution >= 4 is 28.6 Å². The highest BCUT2D eigenvalue weighted by atomic mass is 16.4. The van der Waals surface area contributed by atoms with E-state index in [4.69, 9.17) is 21.4 Å². The summed E-state index contributed by atoms with van der Waals surface area (Å²) in [6.07, 6.45) is 2.12. The Kier molecular flexibility index (Phi) is 7.30. The number of pyridine rings is 1. The van der Waals surface area contributed by atoms with E-state index in [0.29, 0.717) is 5.56 Å². The van der Waals surface area contributed by atoms with Crippen LogP contribution in [0.2, 0.25) is 0 Å². The number of nitrogens with one attached hydrogen (secondary N) is 1. The van der Waals surface area contributed by atoms with Crippen LogP contribution in [0.4, 0.5) is 5.82 Å². The average molecular weight is 449 g/mol. The number of aliphatic carboxylic acids is 1. The lowest BCUT2D eigenvalue weighted by atomic mass is 9.91. The molecule has 1 aliphatic rings. The van der Waals surface area contributed by atoms with Gasteiger partial charge in [0.25, 0.3) is 5.97 Å². The minimum absolute atomic E-state index is 0.0776. The minimum atomic E-state index is -0.833. The first-order valence-electron chi connectivity index (χ1n) is 10.7. The van der Waals surface area contributed by atoms with Crippen molar-refractivity contribution in [3.63, 3.8) is 0 Å². The number of benzene rings is 1. The second-order valence-corrected chi connectivity index (χ2v) is 8.06. The number of hydrogen-bond acceptors (Lipinski definition) is 6. The number of primary amides is 1. The number of nitriles is 1. The molecule has 1 unspecified atom stereocenters. The lowest BCUT2D eigenvalue weighted by Gasteiger charge is -2.23. The van der Waals surface area contributed by atoms with E-state index >= 15 is 0 Å². The van der Waals surface area contributed by atoms with Gasteiger partial charge < -0.3 is 26.5 Å². The van der Waals surface area contributed by atoms with Gasteiger partial charge in [0.2, 0.25) is 5.91 Å². The molecule has 1 amide bonds. The topological polar surface area (TPSA) is 160 Å². The quantitative estimate of drug-likeness (QED) is 0.477. The van der Waals surface area contributed by atoms with Crippen LogP contribution in [-0.4, -0.2) is 39.6 Å². The van der Waals surface area contributed by atoms with Crippen molar-refractivity contribution in [1.29, 1.82) is 5.26 Å². The fraction of sp³-hybridized carbons (Fsp3) is 0.333. The van der Waals surface area contributed by atoms with E-state index in [0.717, 1.165) is 66.3 Å². The van der Waals surface area contributed by atoms with Gasteiger partial charge in [-0.25, -0.2) is 4.98 Å². The van der Waals surface area contributed by atoms with Gasteiger partial charge in [-0.05, 0) is 38.4 Å². The Balaban J connectivity index is 0.000000709. The molecule has 9 nitrogen and oxygen atoms in total. The van der Waals surface area contributed by atoms with Crippen LogP contribution in [0.1, 0.15) is 42.6 Å². The zero-order chi connectivity index (χ0) is 24.1. The Labute approximate surface area is 192 Å². The zero-order valence-corrected chi connectivity index (χ0v) is 18.8. The van der Waals surface area contributed by atoms with Gasteiger partial charge in [-0.2, -0.15) is 5.26 Å². The fourth-order valence-corrected chi connectivity index (χ4v) is 4.34. The zero-order valence-electron chi connectivity index (χ0n) is 18.8. The van der Waals surface area contributed by atoms with Gasteiger partial charge in [0.1, 0.15) is 24.0 Å². The molecule has 1 saturated heterocycles. The molecule has 0 aliphatic carbocycles. The first-order chi connectivity index (χ1) is 15.7. The monoisotopic (exact) mass is 448 g/mol. The first kappa shape index (κ1) is 23.8. The molecule has 0 radical (unpaired) electrons. The molecule has 6 N–H and O–H groups in total. The predicted molar refractivity (Wildman–Crippen MR) is 126 cm³/mol. The Morgan fingerprint density at radius 2 is 2.06 bits per heavy atom. The number of anilines is 1. The highest BCUT2D eigenvalue weighted by Gasteiger charge is 2.24. The molecule has 0 bridgehead atoms. The van der Waals surface area contributed by atoms with E-state index in [-0.39, 0.29) is 18.3 Å². The highest BCUT2D eigenvalue weighted by molar-refractivity contribution is 6.00. The standard InChI is InChI=1S/C22H24N6O.C2H4O2/c1-13-21(15-6-2-3-7-19(15)28(13)12-20(24)29)16-9-18(14-5-4-8-26-11-14)27-22(25)17(16)10-23;1-2(3)4/h2-3,6-7,9,14,26H,4-5,8,11-12H2,1H3,(H2,24,29)(H2,25,27);1H3,(H,3,4). The number of carbonyl (C=O) groups excluding carboxylic acids is 1. The lowest BCUT2D eigenvalue weighted by molar-refractivity contribution is -0.134. The van der Waals surface area contributed by atoms with Gasteiger partial charge in [0.05, 0.1) is 0 Å². The third-order valence-corrected chi connectivity index (χ3v) is 5.71. The summed E-state index contributed by atoms with van der Waals surface area (Å²) in [5, 5.41) is 21.6. The summed E-state index contributed by atoms with van der Waals surface area (Å²) < 4.78 is 1.90.